The molecule has 0 bridgehead atoms. The van der Waals surface area contributed by atoms with E-state index in [4.69, 9.17) is 0 Å². The van der Waals surface area contributed by atoms with Gasteiger partial charge in [-0.15, -0.1) is 0 Å². The summed E-state index contributed by atoms with van der Waals surface area (Å²) in [5.41, 5.74) is 3.97. The van der Waals surface area contributed by atoms with E-state index < -0.39 is 0 Å². The van der Waals surface area contributed by atoms with Gasteiger partial charge in [-0.25, -0.2) is 0 Å². The summed E-state index contributed by atoms with van der Waals surface area (Å²) in [6.07, 6.45) is 3.89. The second-order valence-corrected chi connectivity index (χ2v) is 6.38. The molecule has 1 aromatic carbocycles. The van der Waals surface area contributed by atoms with E-state index >= 15 is 0 Å². The molecule has 0 radical (unpaired) electrons. The van der Waals surface area contributed by atoms with E-state index in [1.165, 1.54) is 0 Å². The number of benzene rings is 1. The molecule has 1 aliphatic heterocycles. The number of amides is 1. The molecule has 0 unspecified atom stereocenters. The number of hydrogen-bond donors (Lipinski definition) is 0. The highest BCUT2D eigenvalue weighted by molar-refractivity contribution is 5.99. The van der Waals surface area contributed by atoms with Gasteiger partial charge in [0.05, 0.1) is 11.7 Å². The Kier molecular flexibility index (Phi) is 2.71. The summed E-state index contributed by atoms with van der Waals surface area (Å²) in [5.74, 6) is 0.102. The van der Waals surface area contributed by atoms with Gasteiger partial charge in [-0.05, 0) is 38.0 Å². The second-order valence-electron chi connectivity index (χ2n) is 6.38. The summed E-state index contributed by atoms with van der Waals surface area (Å²) in [4.78, 5) is 13.8. The largest absolute Gasteiger partial charge is 0.337 e. The van der Waals surface area contributed by atoms with Gasteiger partial charge in [-0.2, -0.15) is 5.10 Å². The van der Waals surface area contributed by atoms with Crippen molar-refractivity contribution in [3.8, 4) is 11.1 Å². The van der Waals surface area contributed by atoms with Crippen LogP contribution in [0.5, 0.6) is 0 Å². The molecule has 0 aliphatic carbocycles. The van der Waals surface area contributed by atoms with Crippen LogP contribution < -0.4 is 0 Å². The average Bonchev–Trinajstić information content (AvgIpc) is 2.96. The lowest BCUT2D eigenvalue weighted by molar-refractivity contribution is 0.0816. The smallest absolute Gasteiger partial charge is 0.254 e. The molecule has 1 aromatic heterocycles. The predicted molar refractivity (Wildman–Crippen MR) is 78.5 cm³/mol. The third kappa shape index (κ3) is 2.01. The number of carbonyl (C=O) groups is 1. The first-order valence-corrected chi connectivity index (χ1v) is 6.80. The van der Waals surface area contributed by atoms with E-state index in [1.807, 2.05) is 36.3 Å². The standard InChI is InChI=1S/C16H19N3O/c1-16(2,3)19-10-13(8-17-19)11-5-6-12-9-18(4)15(20)14(12)7-11/h5-8,10H,9H2,1-4H3. The number of fused-ring (bicyclic) bond motifs is 1. The minimum atomic E-state index is -0.0367. The molecule has 0 saturated heterocycles. The van der Waals surface area contributed by atoms with Crippen molar-refractivity contribution in [2.75, 3.05) is 7.05 Å². The van der Waals surface area contributed by atoms with Crippen LogP contribution in [0.4, 0.5) is 0 Å². The molecule has 104 valence electrons. The van der Waals surface area contributed by atoms with Gasteiger partial charge >= 0.3 is 0 Å². The Balaban J connectivity index is 2.01. The maximum atomic E-state index is 12.0. The van der Waals surface area contributed by atoms with E-state index in [-0.39, 0.29) is 11.4 Å². The molecule has 20 heavy (non-hydrogen) atoms. The van der Waals surface area contributed by atoms with Gasteiger partial charge in [0.15, 0.2) is 0 Å². The second kappa shape index (κ2) is 4.20. The molecule has 0 fully saturated rings. The number of hydrogen-bond acceptors (Lipinski definition) is 2. The molecular weight excluding hydrogens is 250 g/mol. The van der Waals surface area contributed by atoms with Crippen LogP contribution in [-0.4, -0.2) is 27.6 Å². The van der Waals surface area contributed by atoms with Gasteiger partial charge in [-0.3, -0.25) is 9.48 Å². The van der Waals surface area contributed by atoms with Crippen LogP contribution in [-0.2, 0) is 12.1 Å². The summed E-state index contributed by atoms with van der Waals surface area (Å²) in [5, 5.41) is 4.41. The highest BCUT2D eigenvalue weighted by Gasteiger charge is 2.24. The topological polar surface area (TPSA) is 38.1 Å². The third-order valence-electron chi connectivity index (χ3n) is 3.70. The van der Waals surface area contributed by atoms with Gasteiger partial charge in [0.1, 0.15) is 0 Å². The zero-order valence-corrected chi connectivity index (χ0v) is 12.3. The van der Waals surface area contributed by atoms with E-state index in [2.05, 4.69) is 31.9 Å². The fourth-order valence-corrected chi connectivity index (χ4v) is 2.46. The van der Waals surface area contributed by atoms with Crippen molar-refractivity contribution in [1.29, 1.82) is 0 Å². The van der Waals surface area contributed by atoms with Crippen LogP contribution in [0.15, 0.2) is 30.6 Å². The molecule has 4 heteroatoms. The fraction of sp³-hybridized carbons (Fsp3) is 0.375. The molecule has 0 saturated carbocycles. The van der Waals surface area contributed by atoms with E-state index in [0.29, 0.717) is 6.54 Å². The number of carbonyl (C=O) groups excluding carboxylic acids is 1. The third-order valence-corrected chi connectivity index (χ3v) is 3.70. The van der Waals surface area contributed by atoms with Gasteiger partial charge < -0.3 is 4.90 Å². The van der Waals surface area contributed by atoms with Gasteiger partial charge in [-0.1, -0.05) is 12.1 Å². The summed E-state index contributed by atoms with van der Waals surface area (Å²) in [6, 6.07) is 6.08. The van der Waals surface area contributed by atoms with Gasteiger partial charge in [0.2, 0.25) is 0 Å². The van der Waals surface area contributed by atoms with Crippen molar-refractivity contribution in [1.82, 2.24) is 14.7 Å². The maximum Gasteiger partial charge on any atom is 0.254 e. The zero-order chi connectivity index (χ0) is 14.5. The van der Waals surface area contributed by atoms with Crippen LogP contribution in [0.1, 0.15) is 36.7 Å². The van der Waals surface area contributed by atoms with Crippen LogP contribution in [0, 0.1) is 0 Å². The van der Waals surface area contributed by atoms with Crippen LogP contribution in [0.3, 0.4) is 0 Å². The van der Waals surface area contributed by atoms with Crippen molar-refractivity contribution >= 4 is 5.91 Å². The van der Waals surface area contributed by atoms with Crippen LogP contribution >= 0.6 is 0 Å². The Morgan fingerprint density at radius 3 is 2.60 bits per heavy atom. The quantitative estimate of drug-likeness (QED) is 0.798. The highest BCUT2D eigenvalue weighted by atomic mass is 16.2. The summed E-state index contributed by atoms with van der Waals surface area (Å²) in [7, 11) is 1.83. The van der Waals surface area contributed by atoms with E-state index in [0.717, 1.165) is 22.3 Å². The molecular formula is C16H19N3O. The van der Waals surface area contributed by atoms with Crippen molar-refractivity contribution < 1.29 is 4.79 Å². The normalized spacial score (nSPS) is 14.8. The van der Waals surface area contributed by atoms with Crippen molar-refractivity contribution in [2.24, 2.45) is 0 Å². The molecule has 0 N–H and O–H groups in total. The minimum absolute atomic E-state index is 0.0367. The lowest BCUT2D eigenvalue weighted by Gasteiger charge is -2.18. The molecule has 0 atom stereocenters. The maximum absolute atomic E-state index is 12.0. The molecule has 3 rings (SSSR count). The van der Waals surface area contributed by atoms with Crippen molar-refractivity contribution in [3.63, 3.8) is 0 Å². The molecule has 1 amide bonds. The minimum Gasteiger partial charge on any atom is -0.337 e. The Morgan fingerprint density at radius 1 is 1.20 bits per heavy atom. The summed E-state index contributed by atoms with van der Waals surface area (Å²) in [6.45, 7) is 7.05. The van der Waals surface area contributed by atoms with E-state index in [1.54, 1.807) is 4.90 Å². The lowest BCUT2D eigenvalue weighted by Crippen LogP contribution is -2.21. The van der Waals surface area contributed by atoms with Crippen LogP contribution in [0.2, 0.25) is 0 Å². The zero-order valence-electron chi connectivity index (χ0n) is 12.3. The Bertz CT molecular complexity index is 679. The van der Waals surface area contributed by atoms with Crippen molar-refractivity contribution in [3.05, 3.63) is 41.7 Å². The molecule has 2 heterocycles. The Hall–Kier alpha value is -2.10. The van der Waals surface area contributed by atoms with Crippen LogP contribution in [0.25, 0.3) is 11.1 Å². The van der Waals surface area contributed by atoms with Crippen molar-refractivity contribution in [2.45, 2.75) is 32.9 Å². The van der Waals surface area contributed by atoms with E-state index in [9.17, 15) is 4.79 Å². The Morgan fingerprint density at radius 2 is 1.95 bits per heavy atom. The SMILES string of the molecule is CN1Cc2ccc(-c3cnn(C(C)(C)C)c3)cc2C1=O. The molecule has 2 aromatic rings. The monoisotopic (exact) mass is 269 g/mol. The average molecular weight is 269 g/mol. The summed E-state index contributed by atoms with van der Waals surface area (Å²) < 4.78 is 1.95. The fourth-order valence-electron chi connectivity index (χ4n) is 2.46. The predicted octanol–water partition coefficient (Wildman–Crippen LogP) is 2.89. The lowest BCUT2D eigenvalue weighted by atomic mass is 10.0. The first-order chi connectivity index (χ1) is 9.36. The molecule has 1 aliphatic rings. The number of rotatable bonds is 1. The molecule has 0 spiro atoms. The van der Waals surface area contributed by atoms with Gasteiger partial charge in [0.25, 0.3) is 5.91 Å². The Labute approximate surface area is 119 Å². The van der Waals surface area contributed by atoms with Gasteiger partial charge in [0, 0.05) is 30.9 Å². The molecule has 4 nitrogen and oxygen atoms in total. The first-order valence-electron chi connectivity index (χ1n) is 6.80. The summed E-state index contributed by atoms with van der Waals surface area (Å²) >= 11 is 0. The first kappa shape index (κ1) is 12.9. The number of aromatic nitrogens is 2. The highest BCUT2D eigenvalue weighted by Crippen LogP contribution is 2.28. The number of nitrogens with zero attached hydrogens (tertiary/aromatic N) is 3.